The van der Waals surface area contributed by atoms with Crippen molar-refractivity contribution in [2.75, 3.05) is 13.2 Å². The van der Waals surface area contributed by atoms with Gasteiger partial charge in [-0.15, -0.1) is 0 Å². The van der Waals surface area contributed by atoms with Crippen LogP contribution in [0.25, 0.3) is 0 Å². The Bertz CT molecular complexity index is 278. The van der Waals surface area contributed by atoms with E-state index in [1.807, 2.05) is 0 Å². The molecule has 5 atom stereocenters. The highest BCUT2D eigenvalue weighted by Gasteiger charge is 2.34. The van der Waals surface area contributed by atoms with Gasteiger partial charge in [0.15, 0.2) is 0 Å². The van der Waals surface area contributed by atoms with Gasteiger partial charge in [-0.05, 0) is 57.9 Å². The van der Waals surface area contributed by atoms with E-state index in [0.29, 0.717) is 12.1 Å². The van der Waals surface area contributed by atoms with Crippen molar-refractivity contribution in [2.45, 2.75) is 82.5 Å². The lowest BCUT2D eigenvalue weighted by atomic mass is 9.78. The molecule has 0 aromatic heterocycles. The summed E-state index contributed by atoms with van der Waals surface area (Å²) in [5, 5.41) is 7.73. The highest BCUT2D eigenvalue weighted by molar-refractivity contribution is 4.93. The quantitative estimate of drug-likeness (QED) is 0.823. The molecule has 2 saturated heterocycles. The van der Waals surface area contributed by atoms with Gasteiger partial charge in [0, 0.05) is 24.7 Å². The van der Waals surface area contributed by atoms with Crippen molar-refractivity contribution in [1.29, 1.82) is 0 Å². The van der Waals surface area contributed by atoms with Gasteiger partial charge >= 0.3 is 0 Å². The van der Waals surface area contributed by atoms with Crippen LogP contribution in [0.4, 0.5) is 0 Å². The first kappa shape index (κ1) is 13.8. The van der Waals surface area contributed by atoms with E-state index in [-0.39, 0.29) is 0 Å². The monoisotopic (exact) mass is 266 g/mol. The molecule has 3 heteroatoms. The van der Waals surface area contributed by atoms with Gasteiger partial charge in [0.25, 0.3) is 0 Å². The molecule has 3 nitrogen and oxygen atoms in total. The molecule has 19 heavy (non-hydrogen) atoms. The lowest BCUT2D eigenvalue weighted by Crippen LogP contribution is -2.52. The maximum Gasteiger partial charge on any atom is 0.0561 e. The van der Waals surface area contributed by atoms with Crippen molar-refractivity contribution in [3.8, 4) is 0 Å². The van der Waals surface area contributed by atoms with Gasteiger partial charge in [-0.2, -0.15) is 0 Å². The maximum absolute atomic E-state index is 5.67. The molecular weight excluding hydrogens is 236 g/mol. The van der Waals surface area contributed by atoms with Crippen molar-refractivity contribution in [3.05, 3.63) is 0 Å². The van der Waals surface area contributed by atoms with Crippen LogP contribution in [0, 0.1) is 5.92 Å². The Hall–Kier alpha value is -0.120. The van der Waals surface area contributed by atoms with E-state index < -0.39 is 0 Å². The van der Waals surface area contributed by atoms with Gasteiger partial charge in [0.05, 0.1) is 6.10 Å². The summed E-state index contributed by atoms with van der Waals surface area (Å²) in [6, 6.07) is 2.23. The van der Waals surface area contributed by atoms with Gasteiger partial charge in [-0.1, -0.05) is 12.8 Å². The lowest BCUT2D eigenvalue weighted by Gasteiger charge is -2.40. The van der Waals surface area contributed by atoms with E-state index in [4.69, 9.17) is 4.74 Å². The maximum atomic E-state index is 5.67. The molecule has 3 rings (SSSR count). The van der Waals surface area contributed by atoms with Crippen LogP contribution in [0.1, 0.15) is 58.3 Å². The minimum atomic E-state index is 0.442. The third-order valence-electron chi connectivity index (χ3n) is 5.37. The molecule has 2 N–H and O–H groups in total. The molecule has 0 amide bonds. The van der Waals surface area contributed by atoms with Gasteiger partial charge in [0.2, 0.25) is 0 Å². The third kappa shape index (κ3) is 3.50. The van der Waals surface area contributed by atoms with Crippen LogP contribution in [-0.4, -0.2) is 37.4 Å². The summed E-state index contributed by atoms with van der Waals surface area (Å²) in [5.41, 5.74) is 0. The SMILES string of the molecule is CC1CC(NC2CCCCC2C2CCCN2)CCO1. The minimum Gasteiger partial charge on any atom is -0.378 e. The molecule has 0 spiro atoms. The number of ether oxygens (including phenoxy) is 1. The normalized spacial score (nSPS) is 44.4. The second-order valence-electron chi connectivity index (χ2n) is 6.83. The molecule has 0 aromatic carbocycles. The zero-order chi connectivity index (χ0) is 13.1. The first-order valence-corrected chi connectivity index (χ1v) is 8.44. The van der Waals surface area contributed by atoms with E-state index in [1.54, 1.807) is 0 Å². The van der Waals surface area contributed by atoms with E-state index in [9.17, 15) is 0 Å². The first-order valence-electron chi connectivity index (χ1n) is 8.44. The summed E-state index contributed by atoms with van der Waals surface area (Å²) in [7, 11) is 0. The second-order valence-corrected chi connectivity index (χ2v) is 6.83. The van der Waals surface area contributed by atoms with Gasteiger partial charge < -0.3 is 15.4 Å². The van der Waals surface area contributed by atoms with Crippen molar-refractivity contribution < 1.29 is 4.74 Å². The Morgan fingerprint density at radius 3 is 2.74 bits per heavy atom. The highest BCUT2D eigenvalue weighted by atomic mass is 16.5. The van der Waals surface area contributed by atoms with Crippen LogP contribution in [0.2, 0.25) is 0 Å². The van der Waals surface area contributed by atoms with Gasteiger partial charge in [-0.25, -0.2) is 0 Å². The zero-order valence-electron chi connectivity index (χ0n) is 12.4. The van der Waals surface area contributed by atoms with Crippen LogP contribution in [-0.2, 0) is 4.74 Å². The predicted octanol–water partition coefficient (Wildman–Crippen LogP) is 2.45. The summed E-state index contributed by atoms with van der Waals surface area (Å²) in [6.45, 7) is 4.39. The fraction of sp³-hybridized carbons (Fsp3) is 1.00. The fourth-order valence-corrected chi connectivity index (χ4v) is 4.38. The van der Waals surface area contributed by atoms with Crippen molar-refractivity contribution in [1.82, 2.24) is 10.6 Å². The first-order chi connectivity index (χ1) is 9.33. The molecule has 0 bridgehead atoms. The molecular formula is C16H30N2O. The molecule has 110 valence electrons. The molecule has 2 heterocycles. The summed E-state index contributed by atoms with van der Waals surface area (Å²) in [4.78, 5) is 0. The van der Waals surface area contributed by atoms with E-state index in [2.05, 4.69) is 17.6 Å². The predicted molar refractivity (Wildman–Crippen MR) is 78.3 cm³/mol. The molecule has 5 unspecified atom stereocenters. The van der Waals surface area contributed by atoms with Crippen LogP contribution < -0.4 is 10.6 Å². The number of hydrogen-bond donors (Lipinski definition) is 2. The van der Waals surface area contributed by atoms with Crippen LogP contribution in [0.15, 0.2) is 0 Å². The minimum absolute atomic E-state index is 0.442. The highest BCUT2D eigenvalue weighted by Crippen LogP contribution is 2.31. The Labute approximate surface area is 117 Å². The van der Waals surface area contributed by atoms with Crippen LogP contribution in [0.3, 0.4) is 0 Å². The fourth-order valence-electron chi connectivity index (χ4n) is 4.38. The number of hydrogen-bond acceptors (Lipinski definition) is 3. The van der Waals surface area contributed by atoms with E-state index in [0.717, 1.165) is 24.6 Å². The second kappa shape index (κ2) is 6.55. The molecule has 2 aliphatic heterocycles. The third-order valence-corrected chi connectivity index (χ3v) is 5.37. The van der Waals surface area contributed by atoms with E-state index >= 15 is 0 Å². The van der Waals surface area contributed by atoms with Crippen molar-refractivity contribution in [3.63, 3.8) is 0 Å². The summed E-state index contributed by atoms with van der Waals surface area (Å²) in [6.07, 6.45) is 11.3. The average Bonchev–Trinajstić information content (AvgIpc) is 2.93. The number of rotatable bonds is 3. The topological polar surface area (TPSA) is 33.3 Å². The Morgan fingerprint density at radius 1 is 1.05 bits per heavy atom. The smallest absolute Gasteiger partial charge is 0.0561 e. The molecule has 3 fully saturated rings. The summed E-state index contributed by atoms with van der Waals surface area (Å²) in [5.74, 6) is 0.870. The average molecular weight is 266 g/mol. The van der Waals surface area contributed by atoms with Crippen molar-refractivity contribution >= 4 is 0 Å². The Morgan fingerprint density at radius 2 is 1.95 bits per heavy atom. The van der Waals surface area contributed by atoms with Gasteiger partial charge in [0.1, 0.15) is 0 Å². The lowest BCUT2D eigenvalue weighted by molar-refractivity contribution is 0.00769. The zero-order valence-corrected chi connectivity index (χ0v) is 12.4. The van der Waals surface area contributed by atoms with Crippen molar-refractivity contribution in [2.24, 2.45) is 5.92 Å². The summed E-state index contributed by atoms with van der Waals surface area (Å²) < 4.78 is 5.67. The number of nitrogens with one attached hydrogen (secondary N) is 2. The largest absolute Gasteiger partial charge is 0.378 e. The Balaban J connectivity index is 1.56. The Kier molecular flexibility index (Phi) is 4.78. The molecule has 3 aliphatic rings. The summed E-state index contributed by atoms with van der Waals surface area (Å²) >= 11 is 0. The van der Waals surface area contributed by atoms with Gasteiger partial charge in [-0.3, -0.25) is 0 Å². The molecule has 1 aliphatic carbocycles. The van der Waals surface area contributed by atoms with E-state index in [1.165, 1.54) is 57.9 Å². The standard InChI is InChI=1S/C16H30N2O/c1-12-11-13(8-10-19-12)18-16-6-3-2-5-14(16)15-7-4-9-17-15/h12-18H,2-11H2,1H3. The molecule has 0 radical (unpaired) electrons. The van der Waals surface area contributed by atoms with Crippen LogP contribution in [0.5, 0.6) is 0 Å². The molecule has 1 saturated carbocycles. The molecule has 0 aromatic rings. The van der Waals surface area contributed by atoms with Crippen LogP contribution >= 0.6 is 0 Å².